The molecule has 6 nitrogen and oxygen atoms in total. The van der Waals surface area contributed by atoms with Crippen molar-refractivity contribution in [1.82, 2.24) is 19.1 Å². The van der Waals surface area contributed by atoms with Crippen molar-refractivity contribution < 1.29 is 21.6 Å². The van der Waals surface area contributed by atoms with Crippen LogP contribution in [-0.2, 0) is 16.2 Å². The molecule has 1 unspecified atom stereocenters. The van der Waals surface area contributed by atoms with Crippen LogP contribution in [0.15, 0.2) is 60.0 Å². The molecule has 1 heterocycles. The summed E-state index contributed by atoms with van der Waals surface area (Å²) in [5, 5.41) is 3.73. The second-order valence-electron chi connectivity index (χ2n) is 6.27. The lowest BCUT2D eigenvalue weighted by atomic mass is 10.1. The first-order valence-electron chi connectivity index (χ1n) is 8.31. The van der Waals surface area contributed by atoms with Crippen molar-refractivity contribution in [3.05, 3.63) is 71.3 Å². The third-order valence-electron chi connectivity index (χ3n) is 4.52. The molecule has 29 heavy (non-hydrogen) atoms. The summed E-state index contributed by atoms with van der Waals surface area (Å²) < 4.78 is 67.4. The van der Waals surface area contributed by atoms with Crippen molar-refractivity contribution in [2.24, 2.45) is 0 Å². The zero-order valence-electron chi connectivity index (χ0n) is 15.3. The van der Waals surface area contributed by atoms with Crippen molar-refractivity contribution in [3.8, 4) is 5.69 Å². The molecule has 154 valence electrons. The summed E-state index contributed by atoms with van der Waals surface area (Å²) >= 11 is 5.91. The topological polar surface area (TPSA) is 68.1 Å². The Morgan fingerprint density at radius 2 is 1.79 bits per heavy atom. The molecule has 0 aliphatic carbocycles. The van der Waals surface area contributed by atoms with E-state index in [2.05, 4.69) is 10.1 Å². The number of rotatable bonds is 5. The van der Waals surface area contributed by atoms with Crippen LogP contribution >= 0.6 is 11.6 Å². The number of alkyl halides is 3. The maximum Gasteiger partial charge on any atom is 0.416 e. The molecule has 0 saturated heterocycles. The monoisotopic (exact) mass is 444 g/mol. The molecule has 3 rings (SSSR count). The molecular weight excluding hydrogens is 429 g/mol. The smallest absolute Gasteiger partial charge is 0.223 e. The number of benzene rings is 2. The van der Waals surface area contributed by atoms with Crippen molar-refractivity contribution in [3.63, 3.8) is 0 Å². The van der Waals surface area contributed by atoms with Crippen molar-refractivity contribution in [2.45, 2.75) is 24.0 Å². The average molecular weight is 445 g/mol. The van der Waals surface area contributed by atoms with Crippen LogP contribution in [0.1, 0.15) is 24.1 Å². The zero-order chi connectivity index (χ0) is 21.4. The standard InChI is InChI=1S/C18H16ClF3N4O2S/c1-12(13-3-6-15(7-4-13)26-11-23-10-24-26)25(2)29(27,28)17-9-14(18(20,21)22)5-8-16(17)19/h3-12H,1-2H3. The van der Waals surface area contributed by atoms with E-state index < -0.39 is 32.7 Å². The molecule has 1 atom stereocenters. The molecule has 3 aromatic rings. The fraction of sp³-hybridized carbons (Fsp3) is 0.222. The van der Waals surface area contributed by atoms with Gasteiger partial charge < -0.3 is 0 Å². The molecule has 11 heteroatoms. The SMILES string of the molecule is CC(c1ccc(-n2cncn2)cc1)N(C)S(=O)(=O)c1cc(C(F)(F)F)ccc1Cl. The molecule has 0 N–H and O–H groups in total. The van der Waals surface area contributed by atoms with Gasteiger partial charge in [0.15, 0.2) is 0 Å². The van der Waals surface area contributed by atoms with Crippen LogP contribution in [0, 0.1) is 0 Å². The second kappa shape index (κ2) is 7.77. The second-order valence-corrected chi connectivity index (χ2v) is 8.64. The van der Waals surface area contributed by atoms with Gasteiger partial charge >= 0.3 is 6.18 Å². The van der Waals surface area contributed by atoms with Gasteiger partial charge in [-0.15, -0.1) is 0 Å². The zero-order valence-corrected chi connectivity index (χ0v) is 16.9. The average Bonchev–Trinajstić information content (AvgIpc) is 3.21. The van der Waals surface area contributed by atoms with Crippen molar-refractivity contribution in [1.29, 1.82) is 0 Å². The van der Waals surface area contributed by atoms with Gasteiger partial charge in [-0.25, -0.2) is 18.1 Å². The Morgan fingerprint density at radius 1 is 1.14 bits per heavy atom. The Bertz CT molecular complexity index is 1100. The summed E-state index contributed by atoms with van der Waals surface area (Å²) in [6, 6.07) is 8.46. The van der Waals surface area contributed by atoms with Crippen LogP contribution in [0.2, 0.25) is 5.02 Å². The number of halogens is 4. The molecule has 0 spiro atoms. The van der Waals surface area contributed by atoms with E-state index in [1.807, 2.05) is 0 Å². The molecule has 0 radical (unpaired) electrons. The number of hydrogen-bond acceptors (Lipinski definition) is 4. The predicted molar refractivity (Wildman–Crippen MR) is 101 cm³/mol. The summed E-state index contributed by atoms with van der Waals surface area (Å²) in [5.41, 5.74) is 0.284. The first-order valence-corrected chi connectivity index (χ1v) is 10.1. The minimum atomic E-state index is -4.68. The molecule has 0 bridgehead atoms. The third-order valence-corrected chi connectivity index (χ3v) is 6.93. The van der Waals surface area contributed by atoms with Gasteiger partial charge in [0, 0.05) is 13.1 Å². The van der Waals surface area contributed by atoms with Gasteiger partial charge in [-0.2, -0.15) is 22.6 Å². The minimum absolute atomic E-state index is 0.279. The van der Waals surface area contributed by atoms with Crippen LogP contribution in [0.3, 0.4) is 0 Å². The van der Waals surface area contributed by atoms with E-state index >= 15 is 0 Å². The largest absolute Gasteiger partial charge is 0.416 e. The fourth-order valence-corrected chi connectivity index (χ4v) is 4.55. The van der Waals surface area contributed by atoms with Gasteiger partial charge in [-0.3, -0.25) is 0 Å². The molecule has 2 aromatic carbocycles. The van der Waals surface area contributed by atoms with Crippen molar-refractivity contribution >= 4 is 21.6 Å². The van der Waals surface area contributed by atoms with Gasteiger partial charge in [0.25, 0.3) is 0 Å². The highest BCUT2D eigenvalue weighted by Crippen LogP contribution is 2.35. The van der Waals surface area contributed by atoms with Gasteiger partial charge in [-0.1, -0.05) is 23.7 Å². The van der Waals surface area contributed by atoms with E-state index in [9.17, 15) is 21.6 Å². The van der Waals surface area contributed by atoms with E-state index in [-0.39, 0.29) is 5.02 Å². The summed E-state index contributed by atoms with van der Waals surface area (Å²) in [5.74, 6) is 0. The van der Waals surface area contributed by atoms with Crippen LogP contribution in [0.4, 0.5) is 13.2 Å². The molecule has 0 fully saturated rings. The number of aromatic nitrogens is 3. The lowest BCUT2D eigenvalue weighted by Gasteiger charge is -2.25. The van der Waals surface area contributed by atoms with Gasteiger partial charge in [0.1, 0.15) is 17.6 Å². The normalized spacial score (nSPS) is 13.6. The number of nitrogens with zero attached hydrogens (tertiary/aromatic N) is 4. The summed E-state index contributed by atoms with van der Waals surface area (Å²) in [7, 11) is -2.99. The Kier molecular flexibility index (Phi) is 5.70. The van der Waals surface area contributed by atoms with E-state index in [0.717, 1.165) is 22.1 Å². The number of hydrogen-bond donors (Lipinski definition) is 0. The van der Waals surface area contributed by atoms with E-state index in [4.69, 9.17) is 11.6 Å². The predicted octanol–water partition coefficient (Wildman–Crippen LogP) is 4.32. The minimum Gasteiger partial charge on any atom is -0.223 e. The summed E-state index contributed by atoms with van der Waals surface area (Å²) in [6.45, 7) is 1.63. The van der Waals surface area contributed by atoms with Crippen LogP contribution in [0.25, 0.3) is 5.69 Å². The van der Waals surface area contributed by atoms with E-state index in [1.165, 1.54) is 24.4 Å². The van der Waals surface area contributed by atoms with Crippen LogP contribution < -0.4 is 0 Å². The van der Waals surface area contributed by atoms with E-state index in [1.54, 1.807) is 31.2 Å². The molecular formula is C18H16ClF3N4O2S. The van der Waals surface area contributed by atoms with E-state index in [0.29, 0.717) is 11.6 Å². The Hall–Kier alpha value is -2.43. The Labute approximate surface area is 170 Å². The first-order chi connectivity index (χ1) is 13.5. The Balaban J connectivity index is 1.91. The highest BCUT2D eigenvalue weighted by atomic mass is 35.5. The maximum atomic E-state index is 13.0. The lowest BCUT2D eigenvalue weighted by molar-refractivity contribution is -0.137. The first kappa shape index (κ1) is 21.3. The summed E-state index contributed by atoms with van der Waals surface area (Å²) in [6.07, 6.45) is -1.78. The third kappa shape index (κ3) is 4.29. The lowest BCUT2D eigenvalue weighted by Crippen LogP contribution is -2.30. The van der Waals surface area contributed by atoms with Crippen molar-refractivity contribution in [2.75, 3.05) is 7.05 Å². The molecule has 0 aliphatic heterocycles. The molecule has 0 amide bonds. The molecule has 0 saturated carbocycles. The molecule has 0 aliphatic rings. The molecule has 1 aromatic heterocycles. The highest BCUT2D eigenvalue weighted by Gasteiger charge is 2.34. The summed E-state index contributed by atoms with van der Waals surface area (Å²) in [4.78, 5) is 3.26. The highest BCUT2D eigenvalue weighted by molar-refractivity contribution is 7.89. The van der Waals surface area contributed by atoms with Crippen LogP contribution in [-0.4, -0.2) is 34.5 Å². The van der Waals surface area contributed by atoms with Gasteiger partial charge in [0.2, 0.25) is 10.0 Å². The Morgan fingerprint density at radius 3 is 2.34 bits per heavy atom. The van der Waals surface area contributed by atoms with Gasteiger partial charge in [0.05, 0.1) is 16.3 Å². The fourth-order valence-electron chi connectivity index (χ4n) is 2.70. The quantitative estimate of drug-likeness (QED) is 0.587. The maximum absolute atomic E-state index is 13.0. The van der Waals surface area contributed by atoms with Gasteiger partial charge in [-0.05, 0) is 42.8 Å². The van der Waals surface area contributed by atoms with Crippen LogP contribution in [0.5, 0.6) is 0 Å². The number of sulfonamides is 1.